The van der Waals surface area contributed by atoms with Gasteiger partial charge in [-0.25, -0.2) is 0 Å². The molecule has 1 aromatic heterocycles. The fourth-order valence-corrected chi connectivity index (χ4v) is 0.809. The van der Waals surface area contributed by atoms with Crippen molar-refractivity contribution in [3.63, 3.8) is 0 Å². The minimum atomic E-state index is -4.66. The first-order valence-corrected chi connectivity index (χ1v) is 3.19. The van der Waals surface area contributed by atoms with Crippen LogP contribution in [-0.2, 0) is 6.30 Å². The van der Waals surface area contributed by atoms with E-state index in [2.05, 4.69) is 0 Å². The Balaban J connectivity index is 3.38. The van der Waals surface area contributed by atoms with E-state index in [0.717, 1.165) is 0 Å². The first kappa shape index (κ1) is 8.89. The number of hydrogen-bond acceptors (Lipinski definition) is 1. The summed E-state index contributed by atoms with van der Waals surface area (Å²) in [6.07, 6.45) is -4.66. The molecule has 12 heavy (non-hydrogen) atoms. The van der Waals surface area contributed by atoms with Gasteiger partial charge in [0.2, 0.25) is 0 Å². The van der Waals surface area contributed by atoms with Crippen molar-refractivity contribution in [1.82, 2.24) is 9.78 Å². The Morgan fingerprint density at radius 1 is 1.33 bits per heavy atom. The highest BCUT2D eigenvalue weighted by Crippen LogP contribution is 2.19. The first-order valence-electron chi connectivity index (χ1n) is 3.19. The van der Waals surface area contributed by atoms with Crippen LogP contribution in [0.2, 0.25) is 0 Å². The van der Waals surface area contributed by atoms with E-state index in [1.54, 1.807) is 0 Å². The second-order valence-electron chi connectivity index (χ2n) is 2.47. The van der Waals surface area contributed by atoms with Crippen LogP contribution < -0.4 is 5.56 Å². The predicted octanol–water partition coefficient (Wildman–Crippen LogP) is 1.27. The molecule has 0 saturated carbocycles. The Morgan fingerprint density at radius 2 is 1.83 bits per heavy atom. The van der Waals surface area contributed by atoms with Crippen molar-refractivity contribution in [1.29, 1.82) is 0 Å². The molecule has 0 bridgehead atoms. The van der Waals surface area contributed by atoms with Crippen LogP contribution in [0.3, 0.4) is 0 Å². The van der Waals surface area contributed by atoms with Crippen LogP contribution in [0.1, 0.15) is 11.3 Å². The Kier molecular flexibility index (Phi) is 1.78. The van der Waals surface area contributed by atoms with Crippen LogP contribution in [0.4, 0.5) is 13.2 Å². The topological polar surface area (TPSA) is 37.8 Å². The van der Waals surface area contributed by atoms with E-state index in [0.29, 0.717) is 0 Å². The fourth-order valence-electron chi connectivity index (χ4n) is 0.809. The molecular weight excluding hydrogens is 173 g/mol. The quantitative estimate of drug-likeness (QED) is 0.641. The number of nitrogens with zero attached hydrogens (tertiary/aromatic N) is 1. The van der Waals surface area contributed by atoms with Gasteiger partial charge in [-0.15, -0.1) is 13.2 Å². The lowest BCUT2D eigenvalue weighted by molar-refractivity contribution is -0.214. The second kappa shape index (κ2) is 2.40. The third kappa shape index (κ3) is 1.24. The summed E-state index contributed by atoms with van der Waals surface area (Å²) in [6.45, 7) is 2.76. The molecule has 0 fully saturated rings. The van der Waals surface area contributed by atoms with Crippen molar-refractivity contribution in [2.45, 2.75) is 20.1 Å². The average Bonchev–Trinajstić information content (AvgIpc) is 2.15. The summed E-state index contributed by atoms with van der Waals surface area (Å²) in [6, 6.07) is 0. The van der Waals surface area contributed by atoms with Gasteiger partial charge in [-0.3, -0.25) is 9.89 Å². The van der Waals surface area contributed by atoms with Crippen molar-refractivity contribution >= 4 is 0 Å². The lowest BCUT2D eigenvalue weighted by atomic mass is 10.3. The number of H-pyrrole nitrogens is 1. The van der Waals surface area contributed by atoms with Gasteiger partial charge < -0.3 is 0 Å². The highest BCUT2D eigenvalue weighted by Gasteiger charge is 2.34. The van der Waals surface area contributed by atoms with Crippen LogP contribution >= 0.6 is 0 Å². The Hall–Kier alpha value is -1.20. The van der Waals surface area contributed by atoms with Crippen molar-refractivity contribution < 1.29 is 13.2 Å². The van der Waals surface area contributed by atoms with E-state index in [-0.39, 0.29) is 15.9 Å². The highest BCUT2D eigenvalue weighted by molar-refractivity contribution is 5.13. The first-order chi connectivity index (χ1) is 5.34. The second-order valence-corrected chi connectivity index (χ2v) is 2.47. The van der Waals surface area contributed by atoms with Crippen LogP contribution in [0.5, 0.6) is 0 Å². The van der Waals surface area contributed by atoms with Crippen LogP contribution in [-0.4, -0.2) is 9.78 Å². The zero-order valence-corrected chi connectivity index (χ0v) is 6.49. The van der Waals surface area contributed by atoms with Crippen LogP contribution in [0, 0.1) is 13.8 Å². The summed E-state index contributed by atoms with van der Waals surface area (Å²) in [5, 5.41) is 1.93. The van der Waals surface area contributed by atoms with Gasteiger partial charge in [0.1, 0.15) is 0 Å². The molecule has 0 amide bonds. The molecule has 6 heteroatoms. The van der Waals surface area contributed by atoms with E-state index in [4.69, 9.17) is 0 Å². The maximum atomic E-state index is 12.0. The molecule has 0 unspecified atom stereocenters. The number of alkyl halides is 3. The summed E-state index contributed by atoms with van der Waals surface area (Å²) in [5.41, 5.74) is -0.718. The molecular formula is C6H7F3N2O. The predicted molar refractivity (Wildman–Crippen MR) is 35.8 cm³/mol. The van der Waals surface area contributed by atoms with Gasteiger partial charge in [0.15, 0.2) is 0 Å². The summed E-state index contributed by atoms with van der Waals surface area (Å²) in [7, 11) is 0. The van der Waals surface area contributed by atoms with Gasteiger partial charge in [0, 0.05) is 11.3 Å². The molecule has 0 atom stereocenters. The number of rotatable bonds is 0. The zero-order chi connectivity index (χ0) is 9.52. The molecule has 0 aromatic carbocycles. The maximum absolute atomic E-state index is 12.0. The maximum Gasteiger partial charge on any atom is 0.505 e. The molecule has 0 spiro atoms. The van der Waals surface area contributed by atoms with Gasteiger partial charge in [0.25, 0.3) is 5.56 Å². The van der Waals surface area contributed by atoms with E-state index in [9.17, 15) is 18.0 Å². The molecule has 3 nitrogen and oxygen atoms in total. The fraction of sp³-hybridized carbons (Fsp3) is 0.500. The molecule has 1 aromatic rings. The monoisotopic (exact) mass is 180 g/mol. The SMILES string of the molecule is Cc1[nH]n(C(F)(F)F)c(=O)c1C. The normalized spacial score (nSPS) is 12.1. The van der Waals surface area contributed by atoms with Crippen molar-refractivity contribution in [3.8, 4) is 0 Å². The zero-order valence-electron chi connectivity index (χ0n) is 6.49. The smallest absolute Gasteiger partial charge is 0.292 e. The Bertz CT molecular complexity index is 347. The van der Waals surface area contributed by atoms with Gasteiger partial charge in [0.05, 0.1) is 0 Å². The van der Waals surface area contributed by atoms with Gasteiger partial charge >= 0.3 is 6.30 Å². The number of aromatic amines is 1. The summed E-state index contributed by atoms with van der Waals surface area (Å²) in [4.78, 5) is 10.8. The number of nitrogens with one attached hydrogen (secondary N) is 1. The molecule has 0 saturated heterocycles. The Labute approximate surface area is 65.8 Å². The number of halogens is 3. The summed E-state index contributed by atoms with van der Waals surface area (Å²) >= 11 is 0. The van der Waals surface area contributed by atoms with E-state index >= 15 is 0 Å². The number of aryl methyl sites for hydroxylation is 1. The molecule has 1 rings (SSSR count). The van der Waals surface area contributed by atoms with Gasteiger partial charge in [-0.1, -0.05) is 0 Å². The molecule has 0 aliphatic carbocycles. The number of aromatic nitrogens is 2. The molecule has 0 aliphatic heterocycles. The summed E-state index contributed by atoms with van der Waals surface area (Å²) in [5.74, 6) is 0. The standard InChI is InChI=1S/C6H7F3N2O/c1-3-4(2)10-11(5(3)12)6(7,8)9/h10H,1-2H3. The van der Waals surface area contributed by atoms with Crippen LogP contribution in [0.25, 0.3) is 0 Å². The molecule has 0 aliphatic rings. The highest BCUT2D eigenvalue weighted by atomic mass is 19.4. The lowest BCUT2D eigenvalue weighted by Crippen LogP contribution is -2.29. The van der Waals surface area contributed by atoms with Crippen molar-refractivity contribution in [2.24, 2.45) is 0 Å². The van der Waals surface area contributed by atoms with Crippen molar-refractivity contribution in [3.05, 3.63) is 21.6 Å². The largest absolute Gasteiger partial charge is 0.505 e. The lowest BCUT2D eigenvalue weighted by Gasteiger charge is -2.04. The van der Waals surface area contributed by atoms with Crippen molar-refractivity contribution in [2.75, 3.05) is 0 Å². The molecule has 68 valence electrons. The molecule has 0 radical (unpaired) electrons. The third-order valence-corrected chi connectivity index (χ3v) is 1.62. The van der Waals surface area contributed by atoms with Crippen LogP contribution in [0.15, 0.2) is 4.79 Å². The molecule has 1 heterocycles. The van der Waals surface area contributed by atoms with Gasteiger partial charge in [-0.2, -0.15) is 4.68 Å². The van der Waals surface area contributed by atoms with E-state index in [1.807, 2.05) is 5.10 Å². The summed E-state index contributed by atoms with van der Waals surface area (Å²) < 4.78 is 35.6. The van der Waals surface area contributed by atoms with E-state index in [1.165, 1.54) is 13.8 Å². The van der Waals surface area contributed by atoms with E-state index < -0.39 is 11.9 Å². The molecule has 1 N–H and O–H groups in total. The van der Waals surface area contributed by atoms with Gasteiger partial charge in [-0.05, 0) is 13.8 Å². The Morgan fingerprint density at radius 3 is 2.00 bits per heavy atom. The minimum absolute atomic E-state index is 0.0901. The minimum Gasteiger partial charge on any atom is -0.292 e. The third-order valence-electron chi connectivity index (χ3n) is 1.62. The number of hydrogen-bond donors (Lipinski definition) is 1. The average molecular weight is 180 g/mol.